The van der Waals surface area contributed by atoms with E-state index in [1.54, 1.807) is 17.0 Å². The molecule has 154 valence electrons. The van der Waals surface area contributed by atoms with Crippen LogP contribution in [0.4, 0.5) is 5.82 Å². The lowest BCUT2D eigenvalue weighted by Gasteiger charge is -2.22. The molecular formula is C23H19ClN6O. The van der Waals surface area contributed by atoms with Crippen molar-refractivity contribution in [3.8, 4) is 5.69 Å². The number of aryl methyl sites for hydroxylation is 1. The molecule has 3 heterocycles. The predicted molar refractivity (Wildman–Crippen MR) is 123 cm³/mol. The van der Waals surface area contributed by atoms with Crippen LogP contribution in [0.15, 0.2) is 72.0 Å². The summed E-state index contributed by atoms with van der Waals surface area (Å²) < 4.78 is 3.57. The maximum Gasteiger partial charge on any atom is 0.264 e. The summed E-state index contributed by atoms with van der Waals surface area (Å²) in [6.07, 6.45) is 3.18. The summed E-state index contributed by atoms with van der Waals surface area (Å²) in [5.74, 6) is 0.649. The lowest BCUT2D eigenvalue weighted by Crippen LogP contribution is -2.26. The number of pyridine rings is 1. The van der Waals surface area contributed by atoms with Crippen LogP contribution in [0.2, 0.25) is 5.02 Å². The van der Waals surface area contributed by atoms with Crippen molar-refractivity contribution in [3.63, 3.8) is 0 Å². The first-order chi connectivity index (χ1) is 15.0. The second kappa shape index (κ2) is 7.52. The molecule has 0 saturated carbocycles. The Bertz CT molecular complexity index is 1470. The van der Waals surface area contributed by atoms with Crippen molar-refractivity contribution in [3.05, 3.63) is 88.3 Å². The summed E-state index contributed by atoms with van der Waals surface area (Å²) >= 11 is 6.40. The zero-order chi connectivity index (χ0) is 21.5. The first-order valence-electron chi connectivity index (χ1n) is 9.83. The SMILES string of the molecule is C[C@H](Nc1ncnc2ncn(C)c12)c1cc2cccc(Cl)c2c(=O)n1-c1ccccc1. The molecule has 0 spiro atoms. The third-order valence-electron chi connectivity index (χ3n) is 5.34. The zero-order valence-electron chi connectivity index (χ0n) is 17.0. The molecule has 7 nitrogen and oxygen atoms in total. The number of para-hydroxylation sites is 1. The van der Waals surface area contributed by atoms with Crippen LogP contribution in [-0.4, -0.2) is 24.1 Å². The van der Waals surface area contributed by atoms with Crippen LogP contribution in [0.25, 0.3) is 27.6 Å². The summed E-state index contributed by atoms with van der Waals surface area (Å²) in [5, 5.41) is 5.17. The largest absolute Gasteiger partial charge is 0.360 e. The molecule has 0 radical (unpaired) electrons. The molecule has 5 aromatic rings. The van der Waals surface area contributed by atoms with E-state index in [4.69, 9.17) is 11.6 Å². The molecule has 5 rings (SSSR count). The fourth-order valence-corrected chi connectivity index (χ4v) is 4.14. The zero-order valence-corrected chi connectivity index (χ0v) is 17.7. The molecule has 3 aromatic heterocycles. The number of imidazole rings is 1. The van der Waals surface area contributed by atoms with Crippen molar-refractivity contribution in [1.82, 2.24) is 24.1 Å². The Labute approximate surface area is 183 Å². The normalized spacial score (nSPS) is 12.4. The van der Waals surface area contributed by atoms with Gasteiger partial charge in [-0.25, -0.2) is 15.0 Å². The number of hydrogen-bond donors (Lipinski definition) is 1. The van der Waals surface area contributed by atoms with Gasteiger partial charge in [-0.05, 0) is 36.6 Å². The van der Waals surface area contributed by atoms with Crippen LogP contribution in [0.1, 0.15) is 18.7 Å². The van der Waals surface area contributed by atoms with Crippen molar-refractivity contribution in [2.75, 3.05) is 5.32 Å². The number of halogens is 1. The lowest BCUT2D eigenvalue weighted by atomic mass is 10.1. The van der Waals surface area contributed by atoms with Gasteiger partial charge in [-0.2, -0.15) is 0 Å². The van der Waals surface area contributed by atoms with E-state index in [0.29, 0.717) is 21.9 Å². The average Bonchev–Trinajstić information content (AvgIpc) is 3.16. The van der Waals surface area contributed by atoms with Gasteiger partial charge in [0, 0.05) is 18.4 Å². The number of rotatable bonds is 4. The van der Waals surface area contributed by atoms with E-state index in [1.807, 2.05) is 67.1 Å². The van der Waals surface area contributed by atoms with Gasteiger partial charge in [0.25, 0.3) is 5.56 Å². The Morgan fingerprint density at radius 1 is 1.03 bits per heavy atom. The van der Waals surface area contributed by atoms with E-state index < -0.39 is 0 Å². The van der Waals surface area contributed by atoms with Gasteiger partial charge in [-0.3, -0.25) is 9.36 Å². The molecule has 0 aliphatic heterocycles. The van der Waals surface area contributed by atoms with Crippen molar-refractivity contribution in [2.24, 2.45) is 7.05 Å². The Kier molecular flexibility index (Phi) is 4.67. The van der Waals surface area contributed by atoms with Crippen LogP contribution < -0.4 is 10.9 Å². The highest BCUT2D eigenvalue weighted by molar-refractivity contribution is 6.35. The number of benzene rings is 2. The van der Waals surface area contributed by atoms with Gasteiger partial charge in [-0.1, -0.05) is 41.9 Å². The molecule has 0 fully saturated rings. The van der Waals surface area contributed by atoms with Crippen LogP contribution in [0.3, 0.4) is 0 Å². The summed E-state index contributed by atoms with van der Waals surface area (Å²) in [5.41, 5.74) is 2.81. The molecule has 31 heavy (non-hydrogen) atoms. The standard InChI is InChI=1S/C23H19ClN6O/c1-14(28-22-20-21(25-12-26-22)27-13-29(20)2)18-11-15-7-6-10-17(24)19(15)23(31)30(18)16-8-4-3-5-9-16/h3-14H,1-2H3,(H,25,26,28)/t14-/m0/s1. The highest BCUT2D eigenvalue weighted by Crippen LogP contribution is 2.28. The molecular weight excluding hydrogens is 412 g/mol. The van der Waals surface area contributed by atoms with E-state index in [9.17, 15) is 4.79 Å². The van der Waals surface area contributed by atoms with Gasteiger partial charge in [-0.15, -0.1) is 0 Å². The summed E-state index contributed by atoms with van der Waals surface area (Å²) in [6.45, 7) is 1.99. The van der Waals surface area contributed by atoms with Crippen molar-refractivity contribution in [1.29, 1.82) is 0 Å². The molecule has 1 N–H and O–H groups in total. The number of aromatic nitrogens is 5. The number of fused-ring (bicyclic) bond motifs is 2. The lowest BCUT2D eigenvalue weighted by molar-refractivity contribution is 0.773. The first-order valence-corrected chi connectivity index (χ1v) is 10.2. The number of anilines is 1. The number of nitrogens with zero attached hydrogens (tertiary/aromatic N) is 5. The molecule has 0 bridgehead atoms. The molecule has 8 heteroatoms. The fourth-order valence-electron chi connectivity index (χ4n) is 3.87. The summed E-state index contributed by atoms with van der Waals surface area (Å²) in [4.78, 5) is 26.5. The number of hydrogen-bond acceptors (Lipinski definition) is 5. The Hall–Kier alpha value is -3.71. The topological polar surface area (TPSA) is 77.6 Å². The van der Waals surface area contributed by atoms with Crippen LogP contribution >= 0.6 is 11.6 Å². The monoisotopic (exact) mass is 430 g/mol. The minimum atomic E-state index is -0.246. The highest BCUT2D eigenvalue weighted by Gasteiger charge is 2.19. The number of nitrogens with one attached hydrogen (secondary N) is 1. The molecule has 2 aromatic carbocycles. The Morgan fingerprint density at radius 3 is 2.65 bits per heavy atom. The van der Waals surface area contributed by atoms with Gasteiger partial charge in [0.15, 0.2) is 11.5 Å². The van der Waals surface area contributed by atoms with Crippen LogP contribution in [0.5, 0.6) is 0 Å². The van der Waals surface area contributed by atoms with Crippen molar-refractivity contribution >= 4 is 39.4 Å². The van der Waals surface area contributed by atoms with Crippen molar-refractivity contribution < 1.29 is 0 Å². The van der Waals surface area contributed by atoms with Crippen LogP contribution in [0, 0.1) is 0 Å². The van der Waals surface area contributed by atoms with Gasteiger partial charge >= 0.3 is 0 Å². The van der Waals surface area contributed by atoms with Gasteiger partial charge in [0.1, 0.15) is 11.8 Å². The molecule has 0 saturated heterocycles. The summed E-state index contributed by atoms with van der Waals surface area (Å²) in [6, 6.07) is 16.8. The molecule has 0 unspecified atom stereocenters. The Balaban J connectivity index is 1.71. The van der Waals surface area contributed by atoms with E-state index in [2.05, 4.69) is 20.3 Å². The highest BCUT2D eigenvalue weighted by atomic mass is 35.5. The third-order valence-corrected chi connectivity index (χ3v) is 5.66. The quantitative estimate of drug-likeness (QED) is 0.454. The van der Waals surface area contributed by atoms with E-state index >= 15 is 0 Å². The van der Waals surface area contributed by atoms with E-state index in [1.165, 1.54) is 6.33 Å². The second-order valence-electron chi connectivity index (χ2n) is 7.37. The van der Waals surface area contributed by atoms with Crippen molar-refractivity contribution in [2.45, 2.75) is 13.0 Å². The minimum absolute atomic E-state index is 0.161. The average molecular weight is 431 g/mol. The Morgan fingerprint density at radius 2 is 1.84 bits per heavy atom. The molecule has 0 aliphatic rings. The summed E-state index contributed by atoms with van der Waals surface area (Å²) in [7, 11) is 1.90. The maximum atomic E-state index is 13.6. The maximum absolute atomic E-state index is 13.6. The third kappa shape index (κ3) is 3.23. The second-order valence-corrected chi connectivity index (χ2v) is 7.77. The van der Waals surface area contributed by atoms with Gasteiger partial charge in [0.2, 0.25) is 0 Å². The predicted octanol–water partition coefficient (Wildman–Crippen LogP) is 4.49. The smallest absolute Gasteiger partial charge is 0.264 e. The first kappa shape index (κ1) is 19.3. The molecule has 0 amide bonds. The minimum Gasteiger partial charge on any atom is -0.360 e. The van der Waals surface area contributed by atoms with E-state index in [0.717, 1.165) is 22.3 Å². The van der Waals surface area contributed by atoms with E-state index in [-0.39, 0.29) is 11.6 Å². The van der Waals surface area contributed by atoms with Gasteiger partial charge < -0.3 is 9.88 Å². The fraction of sp³-hybridized carbons (Fsp3) is 0.130. The molecule has 1 atom stereocenters. The van der Waals surface area contributed by atoms with Gasteiger partial charge in [0.05, 0.1) is 22.8 Å². The van der Waals surface area contributed by atoms with Crippen LogP contribution in [-0.2, 0) is 7.05 Å². The molecule has 0 aliphatic carbocycles.